The van der Waals surface area contributed by atoms with Gasteiger partial charge in [0, 0.05) is 19.2 Å². The third-order valence-corrected chi connectivity index (χ3v) is 6.15. The van der Waals surface area contributed by atoms with Crippen molar-refractivity contribution in [3.63, 3.8) is 0 Å². The fourth-order valence-electron chi connectivity index (χ4n) is 4.34. The second-order valence-electron chi connectivity index (χ2n) is 8.86. The van der Waals surface area contributed by atoms with Crippen LogP contribution < -0.4 is 4.90 Å². The third-order valence-electron chi connectivity index (χ3n) is 6.15. The molecule has 0 unspecified atom stereocenters. The van der Waals surface area contributed by atoms with Crippen molar-refractivity contribution in [2.24, 2.45) is 0 Å². The molecule has 0 N–H and O–H groups in total. The van der Waals surface area contributed by atoms with E-state index in [0.29, 0.717) is 6.61 Å². The molecule has 1 aromatic heterocycles. The SMILES string of the molecule is CCOC(=O)Cc1ccc(-c2ccc(-c3onc(C)c3N(C)CCCc3cccc(F)c3)cc2)cc1. The second-order valence-corrected chi connectivity index (χ2v) is 8.86. The van der Waals surface area contributed by atoms with Gasteiger partial charge in [0.2, 0.25) is 0 Å². The normalized spacial score (nSPS) is 10.9. The molecule has 0 aliphatic carbocycles. The van der Waals surface area contributed by atoms with Gasteiger partial charge in [0.05, 0.1) is 13.0 Å². The number of aryl methyl sites for hydroxylation is 2. The van der Waals surface area contributed by atoms with Gasteiger partial charge in [-0.3, -0.25) is 4.79 Å². The Balaban J connectivity index is 1.43. The number of benzene rings is 3. The molecule has 5 nitrogen and oxygen atoms in total. The van der Waals surface area contributed by atoms with Gasteiger partial charge in [-0.05, 0) is 61.1 Å². The average Bonchev–Trinajstić information content (AvgIpc) is 3.26. The van der Waals surface area contributed by atoms with Crippen LogP contribution in [0.1, 0.15) is 30.2 Å². The van der Waals surface area contributed by atoms with Crippen molar-refractivity contribution in [1.29, 1.82) is 0 Å². The van der Waals surface area contributed by atoms with Crippen molar-refractivity contribution >= 4 is 11.7 Å². The molecular weight excluding hydrogens is 455 g/mol. The van der Waals surface area contributed by atoms with Crippen LogP contribution in [0.5, 0.6) is 0 Å². The molecule has 3 aromatic carbocycles. The van der Waals surface area contributed by atoms with Gasteiger partial charge in [0.15, 0.2) is 5.76 Å². The molecule has 36 heavy (non-hydrogen) atoms. The highest BCUT2D eigenvalue weighted by Gasteiger charge is 2.19. The van der Waals surface area contributed by atoms with Gasteiger partial charge >= 0.3 is 5.97 Å². The van der Waals surface area contributed by atoms with E-state index in [9.17, 15) is 9.18 Å². The maximum atomic E-state index is 13.4. The van der Waals surface area contributed by atoms with Crippen LogP contribution in [0.15, 0.2) is 77.3 Å². The zero-order chi connectivity index (χ0) is 25.5. The molecule has 0 atom stereocenters. The number of hydrogen-bond donors (Lipinski definition) is 0. The molecule has 0 spiro atoms. The molecule has 0 saturated heterocycles. The Kier molecular flexibility index (Phi) is 8.16. The van der Waals surface area contributed by atoms with Gasteiger partial charge in [0.1, 0.15) is 17.2 Å². The standard InChI is InChI=1S/C30H31FN2O3/c1-4-35-28(34)20-23-10-12-24(13-11-23)25-14-16-26(17-15-25)30-29(21(2)32-36-30)33(3)18-6-8-22-7-5-9-27(31)19-22/h5,7,9-17,19H,4,6,8,18,20H2,1-3H3. The second kappa shape index (κ2) is 11.7. The number of ether oxygens (including phenoxy) is 1. The highest BCUT2D eigenvalue weighted by Crippen LogP contribution is 2.34. The third kappa shape index (κ3) is 6.19. The Labute approximate surface area is 211 Å². The molecule has 4 aromatic rings. The quantitative estimate of drug-likeness (QED) is 0.236. The lowest BCUT2D eigenvalue weighted by Crippen LogP contribution is -2.20. The Morgan fingerprint density at radius 2 is 1.64 bits per heavy atom. The summed E-state index contributed by atoms with van der Waals surface area (Å²) in [5, 5.41) is 4.21. The lowest BCUT2D eigenvalue weighted by molar-refractivity contribution is -0.142. The van der Waals surface area contributed by atoms with Crippen LogP contribution in [0.25, 0.3) is 22.5 Å². The van der Waals surface area contributed by atoms with Gasteiger partial charge in [-0.15, -0.1) is 0 Å². The van der Waals surface area contributed by atoms with Gasteiger partial charge < -0.3 is 14.2 Å². The van der Waals surface area contributed by atoms with Crippen molar-refractivity contribution in [2.45, 2.75) is 33.1 Å². The number of hydrogen-bond acceptors (Lipinski definition) is 5. The van der Waals surface area contributed by atoms with Crippen molar-refractivity contribution in [1.82, 2.24) is 5.16 Å². The number of carbonyl (C=O) groups excluding carboxylic acids is 1. The van der Waals surface area contributed by atoms with E-state index in [0.717, 1.165) is 64.3 Å². The molecule has 4 rings (SSSR count). The van der Waals surface area contributed by atoms with Gasteiger partial charge in [-0.2, -0.15) is 0 Å². The predicted octanol–water partition coefficient (Wildman–Crippen LogP) is 6.63. The first-order valence-electron chi connectivity index (χ1n) is 12.2. The first-order chi connectivity index (χ1) is 17.4. The average molecular weight is 487 g/mol. The van der Waals surface area contributed by atoms with Crippen molar-refractivity contribution < 1.29 is 18.4 Å². The predicted molar refractivity (Wildman–Crippen MR) is 140 cm³/mol. The summed E-state index contributed by atoms with van der Waals surface area (Å²) in [7, 11) is 2.03. The van der Waals surface area contributed by atoms with E-state index in [2.05, 4.69) is 22.2 Å². The first kappa shape index (κ1) is 25.2. The number of carbonyl (C=O) groups is 1. The number of aromatic nitrogens is 1. The Morgan fingerprint density at radius 3 is 2.31 bits per heavy atom. The van der Waals surface area contributed by atoms with Gasteiger partial charge in [-0.1, -0.05) is 65.8 Å². The molecule has 0 radical (unpaired) electrons. The van der Waals surface area contributed by atoms with Crippen LogP contribution in [-0.4, -0.2) is 31.3 Å². The molecule has 0 saturated carbocycles. The monoisotopic (exact) mass is 486 g/mol. The lowest BCUT2D eigenvalue weighted by Gasteiger charge is -2.19. The Hall–Kier alpha value is -3.93. The van der Waals surface area contributed by atoms with Crippen LogP contribution in [0.4, 0.5) is 10.1 Å². The number of esters is 1. The Bertz CT molecular complexity index is 1300. The van der Waals surface area contributed by atoms with E-state index in [-0.39, 0.29) is 18.2 Å². The number of halogens is 1. The van der Waals surface area contributed by atoms with Crippen LogP contribution >= 0.6 is 0 Å². The van der Waals surface area contributed by atoms with Crippen molar-refractivity contribution in [2.75, 3.05) is 25.1 Å². The minimum atomic E-state index is -0.216. The summed E-state index contributed by atoms with van der Waals surface area (Å²) in [6.45, 7) is 4.93. The summed E-state index contributed by atoms with van der Waals surface area (Å²) >= 11 is 0. The minimum Gasteiger partial charge on any atom is -0.466 e. The molecular formula is C30H31FN2O3. The molecule has 0 fully saturated rings. The fraction of sp³-hybridized carbons (Fsp3) is 0.267. The van der Waals surface area contributed by atoms with E-state index in [1.54, 1.807) is 19.1 Å². The van der Waals surface area contributed by atoms with Gasteiger partial charge in [-0.25, -0.2) is 4.39 Å². The zero-order valence-electron chi connectivity index (χ0n) is 21.0. The van der Waals surface area contributed by atoms with Crippen LogP contribution in [0.2, 0.25) is 0 Å². The molecule has 186 valence electrons. The fourth-order valence-corrected chi connectivity index (χ4v) is 4.34. The van der Waals surface area contributed by atoms with Crippen LogP contribution in [-0.2, 0) is 22.4 Å². The zero-order valence-corrected chi connectivity index (χ0v) is 21.0. The molecule has 0 amide bonds. The molecule has 0 aliphatic rings. The summed E-state index contributed by atoms with van der Waals surface area (Å²) in [5.41, 5.74) is 6.81. The molecule has 1 heterocycles. The van der Waals surface area contributed by atoms with Crippen molar-refractivity contribution in [3.05, 3.63) is 95.4 Å². The summed E-state index contributed by atoms with van der Waals surface area (Å²) in [6, 6.07) is 22.9. The summed E-state index contributed by atoms with van der Waals surface area (Å²) in [5.74, 6) is 0.317. The Morgan fingerprint density at radius 1 is 0.972 bits per heavy atom. The summed E-state index contributed by atoms with van der Waals surface area (Å²) < 4.78 is 24.2. The van der Waals surface area contributed by atoms with Crippen LogP contribution in [0, 0.1) is 12.7 Å². The van der Waals surface area contributed by atoms with E-state index < -0.39 is 0 Å². The number of nitrogens with zero attached hydrogens (tertiary/aromatic N) is 2. The summed E-state index contributed by atoms with van der Waals surface area (Å²) in [4.78, 5) is 13.8. The van der Waals surface area contributed by atoms with Crippen LogP contribution in [0.3, 0.4) is 0 Å². The minimum absolute atomic E-state index is 0.200. The van der Waals surface area contributed by atoms with E-state index in [1.807, 2.05) is 56.4 Å². The topological polar surface area (TPSA) is 55.6 Å². The maximum absolute atomic E-state index is 13.4. The molecule has 0 aliphatic heterocycles. The number of anilines is 1. The highest BCUT2D eigenvalue weighted by molar-refractivity contribution is 5.77. The number of rotatable bonds is 10. The molecule has 6 heteroatoms. The first-order valence-corrected chi connectivity index (χ1v) is 12.2. The lowest BCUT2D eigenvalue weighted by atomic mass is 10.0. The van der Waals surface area contributed by atoms with Gasteiger partial charge in [0.25, 0.3) is 0 Å². The smallest absolute Gasteiger partial charge is 0.310 e. The van der Waals surface area contributed by atoms with Crippen molar-refractivity contribution in [3.8, 4) is 22.5 Å². The highest BCUT2D eigenvalue weighted by atomic mass is 19.1. The maximum Gasteiger partial charge on any atom is 0.310 e. The van der Waals surface area contributed by atoms with E-state index in [4.69, 9.17) is 9.26 Å². The largest absolute Gasteiger partial charge is 0.466 e. The van der Waals surface area contributed by atoms with E-state index >= 15 is 0 Å². The van der Waals surface area contributed by atoms with E-state index in [1.165, 1.54) is 6.07 Å². The summed E-state index contributed by atoms with van der Waals surface area (Å²) in [6.07, 6.45) is 1.96. The molecule has 0 bridgehead atoms.